The van der Waals surface area contributed by atoms with Gasteiger partial charge in [0.05, 0.1) is 12.7 Å². The Balaban J connectivity index is 1.42. The Labute approximate surface area is 191 Å². The van der Waals surface area contributed by atoms with Crippen LogP contribution in [-0.4, -0.2) is 31.3 Å². The van der Waals surface area contributed by atoms with Crippen LogP contribution < -0.4 is 20.2 Å². The summed E-state index contributed by atoms with van der Waals surface area (Å²) in [4.78, 5) is 25.1. The molecule has 0 aliphatic heterocycles. The lowest BCUT2D eigenvalue weighted by molar-refractivity contribution is -0.123. The maximum Gasteiger partial charge on any atom is 0.257 e. The van der Waals surface area contributed by atoms with Crippen LogP contribution in [0, 0.1) is 0 Å². The lowest BCUT2D eigenvalue weighted by Crippen LogP contribution is -2.30. The monoisotopic (exact) mass is 449 g/mol. The van der Waals surface area contributed by atoms with Crippen LogP contribution >= 0.6 is 0 Å². The van der Waals surface area contributed by atoms with Crippen molar-refractivity contribution in [1.82, 2.24) is 5.32 Å². The van der Waals surface area contributed by atoms with Gasteiger partial charge in [-0.1, -0.05) is 23.8 Å². The zero-order valence-corrected chi connectivity index (χ0v) is 18.6. The lowest BCUT2D eigenvalue weighted by atomic mass is 9.97. The zero-order chi connectivity index (χ0) is 23.2. The molecule has 4 rings (SSSR count). The van der Waals surface area contributed by atoms with Crippen molar-refractivity contribution in [1.29, 1.82) is 0 Å². The summed E-state index contributed by atoms with van der Waals surface area (Å²) in [6, 6.07) is 9.79. The molecule has 1 aliphatic rings. The summed E-state index contributed by atoms with van der Waals surface area (Å²) in [5.74, 6) is 0.396. The van der Waals surface area contributed by atoms with Gasteiger partial charge in [0.2, 0.25) is 5.43 Å². The molecule has 0 saturated carbocycles. The van der Waals surface area contributed by atoms with Crippen molar-refractivity contribution >= 4 is 16.9 Å². The van der Waals surface area contributed by atoms with Gasteiger partial charge in [0.1, 0.15) is 34.5 Å². The predicted octanol–water partition coefficient (Wildman–Crippen LogP) is 4.56. The first kappa shape index (κ1) is 22.5. The second-order valence-corrected chi connectivity index (χ2v) is 8.02. The fourth-order valence-electron chi connectivity index (χ4n) is 3.96. The van der Waals surface area contributed by atoms with Gasteiger partial charge in [0, 0.05) is 18.7 Å². The standard InChI is InChI=1S/C26H27NO6/c1-31-19-9-7-18(8-10-19)21-15-33-23-14-20(13-22(28)25(23)26(21)30)32-16-24(29)27-12-11-17-5-3-2-4-6-17/h5,7-10,13-15,28H,2-4,6,11-12,16H2,1H3,(H,27,29). The van der Waals surface area contributed by atoms with Crippen molar-refractivity contribution < 1.29 is 23.8 Å². The van der Waals surface area contributed by atoms with Gasteiger partial charge in [-0.2, -0.15) is 0 Å². The van der Waals surface area contributed by atoms with Crippen LogP contribution in [0.4, 0.5) is 0 Å². The largest absolute Gasteiger partial charge is 0.507 e. The maximum absolute atomic E-state index is 13.0. The summed E-state index contributed by atoms with van der Waals surface area (Å²) < 4.78 is 16.3. The van der Waals surface area contributed by atoms with E-state index < -0.39 is 0 Å². The SMILES string of the molecule is COc1ccc(-c2coc3cc(OCC(=O)NCCC4=CCCCC4)cc(O)c3c2=O)cc1. The number of ether oxygens (including phenoxy) is 2. The second-order valence-electron chi connectivity index (χ2n) is 8.02. The molecule has 1 heterocycles. The summed E-state index contributed by atoms with van der Waals surface area (Å²) in [6.45, 7) is 0.373. The Bertz CT molecular complexity index is 1230. The van der Waals surface area contributed by atoms with Crippen molar-refractivity contribution in [2.75, 3.05) is 20.3 Å². The van der Waals surface area contributed by atoms with Gasteiger partial charge >= 0.3 is 0 Å². The quantitative estimate of drug-likeness (QED) is 0.489. The molecule has 0 saturated heterocycles. The Morgan fingerprint density at radius 1 is 1.15 bits per heavy atom. The summed E-state index contributed by atoms with van der Waals surface area (Å²) in [5, 5.41) is 13.4. The number of allylic oxidation sites excluding steroid dienone is 1. The van der Waals surface area contributed by atoms with E-state index in [1.807, 2.05) is 0 Å². The molecule has 0 fully saturated rings. The molecule has 3 aromatic rings. The number of methoxy groups -OCH3 is 1. The third-order valence-corrected chi connectivity index (χ3v) is 5.75. The molecule has 33 heavy (non-hydrogen) atoms. The van der Waals surface area contributed by atoms with Crippen LogP contribution in [0.1, 0.15) is 32.1 Å². The topological polar surface area (TPSA) is 98.0 Å². The first-order valence-electron chi connectivity index (χ1n) is 11.1. The number of hydrogen-bond acceptors (Lipinski definition) is 6. The van der Waals surface area contributed by atoms with Gasteiger partial charge < -0.3 is 24.3 Å². The van der Waals surface area contributed by atoms with E-state index in [0.29, 0.717) is 23.4 Å². The van der Waals surface area contributed by atoms with Crippen molar-refractivity contribution in [2.45, 2.75) is 32.1 Å². The summed E-state index contributed by atoms with van der Waals surface area (Å²) in [7, 11) is 1.57. The molecule has 172 valence electrons. The van der Waals surface area contributed by atoms with Gasteiger partial charge in [0.25, 0.3) is 5.91 Å². The first-order chi connectivity index (χ1) is 16.0. The number of fused-ring (bicyclic) bond motifs is 1. The summed E-state index contributed by atoms with van der Waals surface area (Å²) in [5.41, 5.74) is 2.18. The lowest BCUT2D eigenvalue weighted by Gasteiger charge is -2.13. The third-order valence-electron chi connectivity index (χ3n) is 5.75. The van der Waals surface area contributed by atoms with E-state index in [2.05, 4.69) is 11.4 Å². The van der Waals surface area contributed by atoms with Crippen LogP contribution in [0.2, 0.25) is 0 Å². The Morgan fingerprint density at radius 3 is 2.70 bits per heavy atom. The third kappa shape index (κ3) is 5.37. The second kappa shape index (κ2) is 10.3. The average Bonchev–Trinajstić information content (AvgIpc) is 2.83. The normalized spacial score (nSPS) is 13.4. The molecule has 2 N–H and O–H groups in total. The summed E-state index contributed by atoms with van der Waals surface area (Å²) in [6.07, 6.45) is 9.14. The van der Waals surface area contributed by atoms with Gasteiger partial charge in [0.15, 0.2) is 6.61 Å². The fourth-order valence-corrected chi connectivity index (χ4v) is 3.96. The summed E-state index contributed by atoms with van der Waals surface area (Å²) >= 11 is 0. The fraction of sp³-hybridized carbons (Fsp3) is 0.308. The number of phenols is 1. The van der Waals surface area contributed by atoms with Crippen LogP contribution in [0.15, 0.2) is 63.5 Å². The number of amides is 1. The molecule has 7 heteroatoms. The van der Waals surface area contributed by atoms with Gasteiger partial charge in [-0.15, -0.1) is 0 Å². The zero-order valence-electron chi connectivity index (χ0n) is 18.6. The van der Waals surface area contributed by atoms with Crippen LogP contribution in [0.25, 0.3) is 22.1 Å². The number of aromatic hydroxyl groups is 1. The molecule has 2 aromatic carbocycles. The van der Waals surface area contributed by atoms with E-state index in [1.165, 1.54) is 36.8 Å². The van der Waals surface area contributed by atoms with Crippen molar-refractivity contribution in [3.05, 3.63) is 64.5 Å². The first-order valence-corrected chi connectivity index (χ1v) is 11.1. The van der Waals surface area contributed by atoms with Gasteiger partial charge in [-0.25, -0.2) is 0 Å². The Hall–Kier alpha value is -3.74. The number of benzene rings is 2. The molecule has 0 radical (unpaired) electrons. The highest BCUT2D eigenvalue weighted by Gasteiger charge is 2.15. The van der Waals surface area contributed by atoms with Crippen molar-refractivity contribution in [2.24, 2.45) is 0 Å². The number of hydrogen-bond donors (Lipinski definition) is 2. The van der Waals surface area contributed by atoms with Crippen LogP contribution in [-0.2, 0) is 4.79 Å². The van der Waals surface area contributed by atoms with Gasteiger partial charge in [-0.05, 0) is 49.8 Å². The number of phenolic OH excluding ortho intramolecular Hbond substituents is 1. The molecular formula is C26H27NO6. The van der Waals surface area contributed by atoms with E-state index in [9.17, 15) is 14.7 Å². The minimum Gasteiger partial charge on any atom is -0.507 e. The highest BCUT2D eigenvalue weighted by molar-refractivity contribution is 5.88. The van der Waals surface area contributed by atoms with E-state index in [-0.39, 0.29) is 40.4 Å². The number of carbonyl (C=O) groups is 1. The molecule has 1 aromatic heterocycles. The predicted molar refractivity (Wildman–Crippen MR) is 126 cm³/mol. The highest BCUT2D eigenvalue weighted by atomic mass is 16.5. The highest BCUT2D eigenvalue weighted by Crippen LogP contribution is 2.30. The smallest absolute Gasteiger partial charge is 0.257 e. The number of carbonyl (C=O) groups excluding carboxylic acids is 1. The minimum atomic E-state index is -0.361. The van der Waals surface area contributed by atoms with Crippen molar-refractivity contribution in [3.8, 4) is 28.4 Å². The van der Waals surface area contributed by atoms with E-state index in [0.717, 1.165) is 19.3 Å². The molecule has 0 bridgehead atoms. The minimum absolute atomic E-state index is 0.0564. The number of nitrogens with one attached hydrogen (secondary N) is 1. The van der Waals surface area contributed by atoms with Gasteiger partial charge in [-0.3, -0.25) is 9.59 Å². The Morgan fingerprint density at radius 2 is 1.97 bits per heavy atom. The number of rotatable bonds is 8. The van der Waals surface area contributed by atoms with Crippen LogP contribution in [0.5, 0.6) is 17.2 Å². The maximum atomic E-state index is 13.0. The molecular weight excluding hydrogens is 422 g/mol. The molecule has 0 atom stereocenters. The van der Waals surface area contributed by atoms with E-state index in [1.54, 1.807) is 31.4 Å². The molecule has 0 unspecified atom stereocenters. The molecule has 7 nitrogen and oxygen atoms in total. The average molecular weight is 450 g/mol. The van der Waals surface area contributed by atoms with E-state index >= 15 is 0 Å². The molecule has 1 amide bonds. The van der Waals surface area contributed by atoms with Crippen molar-refractivity contribution in [3.63, 3.8) is 0 Å². The Kier molecular flexibility index (Phi) is 6.98. The molecule has 0 spiro atoms. The van der Waals surface area contributed by atoms with Crippen LogP contribution in [0.3, 0.4) is 0 Å². The van der Waals surface area contributed by atoms with E-state index in [4.69, 9.17) is 13.9 Å². The molecule has 1 aliphatic carbocycles.